The van der Waals surface area contributed by atoms with Crippen LogP contribution in [0, 0.1) is 22.7 Å². The first-order valence-corrected chi connectivity index (χ1v) is 5.26. The normalized spacial score (nSPS) is 10.1. The van der Waals surface area contributed by atoms with E-state index in [1.807, 2.05) is 6.92 Å². The summed E-state index contributed by atoms with van der Waals surface area (Å²) in [4.78, 5) is 3.69. The number of hydrogen-bond acceptors (Lipinski definition) is 3. The van der Waals surface area contributed by atoms with E-state index in [0.717, 1.165) is 6.34 Å². The van der Waals surface area contributed by atoms with Crippen LogP contribution < -0.4 is 10.1 Å². The molecule has 1 aromatic rings. The lowest BCUT2D eigenvalue weighted by molar-refractivity contribution is 0.408. The second-order valence-electron chi connectivity index (χ2n) is 3.36. The Hall–Kier alpha value is -2.42. The molecule has 0 aromatic heterocycles. The fourth-order valence-electron chi connectivity index (χ4n) is 1.52. The largest absolute Gasteiger partial charge is 0.496 e. The summed E-state index contributed by atoms with van der Waals surface area (Å²) in [5.74, 6) is -0.197. The highest BCUT2D eigenvalue weighted by molar-refractivity contribution is 6.03. The van der Waals surface area contributed by atoms with E-state index >= 15 is 0 Å². The third-order valence-corrected chi connectivity index (χ3v) is 2.29. The molecule has 0 radical (unpaired) electrons. The zero-order valence-corrected chi connectivity index (χ0v) is 10.1. The molecule has 2 N–H and O–H groups in total. The van der Waals surface area contributed by atoms with Crippen LogP contribution in [0.25, 0.3) is 0 Å². The summed E-state index contributed by atoms with van der Waals surface area (Å²) in [7, 11) is 1.46. The van der Waals surface area contributed by atoms with Gasteiger partial charge in [0, 0.05) is 0 Å². The van der Waals surface area contributed by atoms with E-state index in [0.29, 0.717) is 17.7 Å². The van der Waals surface area contributed by atoms with Crippen molar-refractivity contribution in [3.05, 3.63) is 29.1 Å². The van der Waals surface area contributed by atoms with Crippen molar-refractivity contribution in [3.8, 4) is 11.9 Å². The number of halogens is 1. The average molecular weight is 248 g/mol. The average Bonchev–Trinajstić information content (AvgIpc) is 2.37. The second kappa shape index (κ2) is 6.35. The first-order valence-electron chi connectivity index (χ1n) is 5.26. The number of ether oxygens (including phenoxy) is 1. The van der Waals surface area contributed by atoms with Crippen LogP contribution in [0.5, 0.6) is 5.75 Å². The fraction of sp³-hybridized carbons (Fsp3) is 0.250. The summed E-state index contributed by atoms with van der Waals surface area (Å²) >= 11 is 0. The minimum atomic E-state index is -0.448. The second-order valence-corrected chi connectivity index (χ2v) is 3.36. The number of nitrogens with one attached hydrogen (secondary N) is 2. The van der Waals surface area contributed by atoms with Gasteiger partial charge in [0.25, 0.3) is 0 Å². The minimum Gasteiger partial charge on any atom is -0.496 e. The summed E-state index contributed by atoms with van der Waals surface area (Å²) in [5, 5.41) is 18.2. The molecule has 0 atom stereocenters. The molecule has 0 heterocycles. The van der Waals surface area contributed by atoms with Gasteiger partial charge in [-0.1, -0.05) is 6.92 Å². The molecule has 0 fully saturated rings. The lowest BCUT2D eigenvalue weighted by atomic mass is 10.1. The van der Waals surface area contributed by atoms with Crippen molar-refractivity contribution in [2.24, 2.45) is 4.99 Å². The Morgan fingerprint density at radius 2 is 2.39 bits per heavy atom. The van der Waals surface area contributed by atoms with Gasteiger partial charge in [0.1, 0.15) is 17.9 Å². The molecule has 0 aliphatic rings. The van der Waals surface area contributed by atoms with Gasteiger partial charge in [-0.25, -0.2) is 9.38 Å². The van der Waals surface area contributed by atoms with Crippen molar-refractivity contribution < 1.29 is 9.13 Å². The molecule has 6 heteroatoms. The van der Waals surface area contributed by atoms with E-state index in [1.165, 1.54) is 19.2 Å². The maximum Gasteiger partial charge on any atom is 0.182 e. The lowest BCUT2D eigenvalue weighted by Gasteiger charge is -2.11. The summed E-state index contributed by atoms with van der Waals surface area (Å²) in [6.07, 6.45) is 3.29. The molecule has 0 unspecified atom stereocenters. The summed E-state index contributed by atoms with van der Waals surface area (Å²) in [6, 6.07) is 2.55. The number of methoxy groups -OCH3 is 1. The molecule has 5 nitrogen and oxygen atoms in total. The highest BCUT2D eigenvalue weighted by Gasteiger charge is 2.14. The SMILES string of the molecule is CCc1cc(F)cc(C(=N)/N=C\NC#N)c1OC. The Morgan fingerprint density at radius 1 is 1.67 bits per heavy atom. The predicted octanol–water partition coefficient (Wildman–Crippen LogP) is 1.82. The summed E-state index contributed by atoms with van der Waals surface area (Å²) in [6.45, 7) is 1.87. The number of hydrogen-bond donors (Lipinski definition) is 2. The van der Waals surface area contributed by atoms with Crippen LogP contribution in [0.15, 0.2) is 17.1 Å². The zero-order valence-electron chi connectivity index (χ0n) is 10.1. The Balaban J connectivity index is 3.18. The first kappa shape index (κ1) is 13.6. The number of nitrogens with zero attached hydrogens (tertiary/aromatic N) is 2. The van der Waals surface area contributed by atoms with Crippen molar-refractivity contribution in [2.45, 2.75) is 13.3 Å². The fourth-order valence-corrected chi connectivity index (χ4v) is 1.52. The molecular formula is C12H13FN4O. The summed E-state index contributed by atoms with van der Waals surface area (Å²) in [5.41, 5.74) is 0.922. The van der Waals surface area contributed by atoms with Gasteiger partial charge in [-0.05, 0) is 24.1 Å². The Labute approximate surface area is 104 Å². The van der Waals surface area contributed by atoms with E-state index < -0.39 is 5.82 Å². The van der Waals surface area contributed by atoms with E-state index in [2.05, 4.69) is 10.3 Å². The van der Waals surface area contributed by atoms with Crippen molar-refractivity contribution in [2.75, 3.05) is 7.11 Å². The van der Waals surface area contributed by atoms with Crippen LogP contribution in [0.2, 0.25) is 0 Å². The van der Waals surface area contributed by atoms with Gasteiger partial charge in [-0.3, -0.25) is 10.7 Å². The Morgan fingerprint density at radius 3 is 2.94 bits per heavy atom. The van der Waals surface area contributed by atoms with Gasteiger partial charge >= 0.3 is 0 Å². The predicted molar refractivity (Wildman–Crippen MR) is 66.4 cm³/mol. The van der Waals surface area contributed by atoms with Gasteiger partial charge in [-0.2, -0.15) is 5.26 Å². The highest BCUT2D eigenvalue weighted by Crippen LogP contribution is 2.26. The van der Waals surface area contributed by atoms with E-state index in [1.54, 1.807) is 6.19 Å². The molecule has 0 aliphatic carbocycles. The van der Waals surface area contributed by atoms with Crippen molar-refractivity contribution in [1.29, 1.82) is 10.7 Å². The molecular weight excluding hydrogens is 235 g/mol. The smallest absolute Gasteiger partial charge is 0.182 e. The van der Waals surface area contributed by atoms with Crippen molar-refractivity contribution in [3.63, 3.8) is 0 Å². The van der Waals surface area contributed by atoms with E-state index in [4.69, 9.17) is 15.4 Å². The van der Waals surface area contributed by atoms with Gasteiger partial charge in [0.05, 0.1) is 12.7 Å². The third-order valence-electron chi connectivity index (χ3n) is 2.29. The lowest BCUT2D eigenvalue weighted by Crippen LogP contribution is -2.07. The zero-order chi connectivity index (χ0) is 13.5. The van der Waals surface area contributed by atoms with Crippen molar-refractivity contribution in [1.82, 2.24) is 5.32 Å². The molecule has 18 heavy (non-hydrogen) atoms. The van der Waals surface area contributed by atoms with Crippen LogP contribution in [0.1, 0.15) is 18.1 Å². The number of nitriles is 1. The quantitative estimate of drug-likeness (QED) is 0.369. The minimum absolute atomic E-state index is 0.177. The molecule has 94 valence electrons. The number of aryl methyl sites for hydroxylation is 1. The monoisotopic (exact) mass is 248 g/mol. The number of benzene rings is 1. The van der Waals surface area contributed by atoms with E-state index in [9.17, 15) is 4.39 Å². The molecule has 0 saturated heterocycles. The molecule has 0 amide bonds. The maximum atomic E-state index is 13.4. The number of rotatable bonds is 4. The maximum absolute atomic E-state index is 13.4. The Kier molecular flexibility index (Phi) is 4.81. The van der Waals surface area contributed by atoms with Crippen molar-refractivity contribution >= 4 is 12.2 Å². The molecule has 0 spiro atoms. The Bertz CT molecular complexity index is 520. The standard InChI is InChI=1S/C12H13FN4O/c1-3-8-4-9(13)5-10(11(8)18-2)12(15)17-7-16-6-14/h4-5,7H,3H2,1-2H3,(H2,15,16,17). The third kappa shape index (κ3) is 3.04. The van der Waals surface area contributed by atoms with Crippen LogP contribution in [0.4, 0.5) is 4.39 Å². The van der Waals surface area contributed by atoms with Crippen LogP contribution in [-0.2, 0) is 6.42 Å². The highest BCUT2D eigenvalue weighted by atomic mass is 19.1. The van der Waals surface area contributed by atoms with Gasteiger partial charge in [0.15, 0.2) is 12.0 Å². The van der Waals surface area contributed by atoms with Crippen LogP contribution in [-0.4, -0.2) is 19.3 Å². The number of amidine groups is 1. The van der Waals surface area contributed by atoms with Crippen LogP contribution >= 0.6 is 0 Å². The van der Waals surface area contributed by atoms with Gasteiger partial charge in [-0.15, -0.1) is 0 Å². The van der Waals surface area contributed by atoms with Crippen LogP contribution in [0.3, 0.4) is 0 Å². The topological polar surface area (TPSA) is 81.3 Å². The molecule has 0 saturated carbocycles. The van der Waals surface area contributed by atoms with Gasteiger partial charge in [0.2, 0.25) is 0 Å². The molecule has 0 aliphatic heterocycles. The molecule has 1 aromatic carbocycles. The van der Waals surface area contributed by atoms with Gasteiger partial charge < -0.3 is 4.74 Å². The summed E-state index contributed by atoms with van der Waals surface area (Å²) < 4.78 is 18.6. The molecule has 0 bridgehead atoms. The number of aliphatic imine (C=N–C) groups is 1. The first-order chi connectivity index (χ1) is 8.63. The molecule has 1 rings (SSSR count). The van der Waals surface area contributed by atoms with E-state index in [-0.39, 0.29) is 11.4 Å².